The Bertz CT molecular complexity index is 1430. The van der Waals surface area contributed by atoms with E-state index in [1.807, 2.05) is 0 Å². The summed E-state index contributed by atoms with van der Waals surface area (Å²) >= 11 is 0. The van der Waals surface area contributed by atoms with Crippen LogP contribution in [0.1, 0.15) is 43.4 Å². The van der Waals surface area contributed by atoms with Gasteiger partial charge in [-0.25, -0.2) is 14.8 Å². The van der Waals surface area contributed by atoms with Crippen LogP contribution in [0.3, 0.4) is 0 Å². The highest BCUT2D eigenvalue weighted by atomic mass is 19.4. The number of hydrogen-bond acceptors (Lipinski definition) is 8. The van der Waals surface area contributed by atoms with E-state index < -0.39 is 58.8 Å². The van der Waals surface area contributed by atoms with Crippen LogP contribution in [-0.2, 0) is 10.9 Å². The minimum absolute atomic E-state index is 0.00540. The standard InChI is InChI=1S/C26H25F6N5O5/c1-24(2,3)42-23(39)37-11-10-15(13-37)34-18-9-8-14(12-33-18)35-21(38)19-20(25(27,28)29)40-22(36-19)16-6-4-5-7-17(16)41-26(30,31)32/h4-9,12,15H,10-11,13H2,1-3H3,(H,33,34)(H,35,38). The minimum Gasteiger partial charge on any atom is -0.444 e. The molecule has 0 saturated carbocycles. The molecule has 2 N–H and O–H groups in total. The molecule has 3 heterocycles. The van der Waals surface area contributed by atoms with E-state index in [-0.39, 0.29) is 11.7 Å². The normalized spacial score (nSPS) is 15.8. The van der Waals surface area contributed by atoms with Gasteiger partial charge in [-0.2, -0.15) is 13.2 Å². The minimum atomic E-state index is -5.20. The van der Waals surface area contributed by atoms with Gasteiger partial charge in [0.1, 0.15) is 17.2 Å². The smallest absolute Gasteiger partial charge is 0.444 e. The molecule has 226 valence electrons. The van der Waals surface area contributed by atoms with Crippen molar-refractivity contribution in [2.45, 2.75) is 51.4 Å². The summed E-state index contributed by atoms with van der Waals surface area (Å²) in [6, 6.07) is 6.96. The van der Waals surface area contributed by atoms with E-state index >= 15 is 0 Å². The van der Waals surface area contributed by atoms with Crippen molar-refractivity contribution in [3.05, 3.63) is 54.0 Å². The van der Waals surface area contributed by atoms with Crippen LogP contribution >= 0.6 is 0 Å². The largest absolute Gasteiger partial charge is 0.573 e. The Kier molecular flexibility index (Phi) is 8.27. The molecule has 4 rings (SSSR count). The number of aromatic nitrogens is 2. The number of amides is 2. The van der Waals surface area contributed by atoms with Gasteiger partial charge in [0.05, 0.1) is 17.4 Å². The van der Waals surface area contributed by atoms with E-state index in [9.17, 15) is 35.9 Å². The molecular weight excluding hydrogens is 576 g/mol. The van der Waals surface area contributed by atoms with Crippen LogP contribution in [0.2, 0.25) is 0 Å². The number of carbonyl (C=O) groups excluding carboxylic acids is 2. The molecule has 2 amide bonds. The number of benzene rings is 1. The summed E-state index contributed by atoms with van der Waals surface area (Å²) in [7, 11) is 0. The number of likely N-dealkylation sites (tertiary alicyclic amines) is 1. The van der Waals surface area contributed by atoms with Crippen molar-refractivity contribution in [3.63, 3.8) is 0 Å². The van der Waals surface area contributed by atoms with Crippen LogP contribution in [0, 0.1) is 0 Å². The topological polar surface area (TPSA) is 119 Å². The number of oxazole rings is 1. The average molecular weight is 602 g/mol. The molecule has 3 aromatic rings. The summed E-state index contributed by atoms with van der Waals surface area (Å²) in [5.41, 5.74) is -2.38. The lowest BCUT2D eigenvalue weighted by molar-refractivity contribution is -0.274. The van der Waals surface area contributed by atoms with Crippen LogP contribution in [0.25, 0.3) is 11.5 Å². The number of halogens is 6. The van der Waals surface area contributed by atoms with Gasteiger partial charge < -0.3 is 29.4 Å². The van der Waals surface area contributed by atoms with Crippen LogP contribution in [0.5, 0.6) is 5.75 Å². The van der Waals surface area contributed by atoms with Crippen LogP contribution in [0.4, 0.5) is 42.6 Å². The number of nitrogens with zero attached hydrogens (tertiary/aromatic N) is 3. The summed E-state index contributed by atoms with van der Waals surface area (Å²) in [4.78, 5) is 34.2. The van der Waals surface area contributed by atoms with Crippen LogP contribution in [0.15, 0.2) is 47.0 Å². The van der Waals surface area contributed by atoms with Crippen LogP contribution < -0.4 is 15.4 Å². The first kappa shape index (κ1) is 30.5. The number of hydrogen-bond donors (Lipinski definition) is 2. The third-order valence-corrected chi connectivity index (χ3v) is 5.66. The van der Waals surface area contributed by atoms with Crippen molar-refractivity contribution in [1.29, 1.82) is 0 Å². The molecule has 10 nitrogen and oxygen atoms in total. The molecule has 1 saturated heterocycles. The molecule has 1 atom stereocenters. The van der Waals surface area contributed by atoms with Crippen molar-refractivity contribution in [1.82, 2.24) is 14.9 Å². The van der Waals surface area contributed by atoms with Crippen LogP contribution in [-0.4, -0.2) is 58.0 Å². The number of nitrogens with one attached hydrogen (secondary N) is 2. The zero-order valence-corrected chi connectivity index (χ0v) is 22.4. The third-order valence-electron chi connectivity index (χ3n) is 5.66. The number of ether oxygens (including phenoxy) is 2. The molecule has 16 heteroatoms. The highest BCUT2D eigenvalue weighted by Crippen LogP contribution is 2.39. The fourth-order valence-corrected chi connectivity index (χ4v) is 3.96. The van der Waals surface area contributed by atoms with Crippen molar-refractivity contribution in [2.24, 2.45) is 0 Å². The van der Waals surface area contributed by atoms with E-state index in [1.54, 1.807) is 25.7 Å². The molecule has 1 fully saturated rings. The quantitative estimate of drug-likeness (QED) is 0.315. The Balaban J connectivity index is 1.46. The maximum atomic E-state index is 13.7. The monoisotopic (exact) mass is 601 g/mol. The fourth-order valence-electron chi connectivity index (χ4n) is 3.96. The molecule has 1 aliphatic heterocycles. The second-order valence-electron chi connectivity index (χ2n) is 10.2. The van der Waals surface area contributed by atoms with Gasteiger partial charge >= 0.3 is 18.6 Å². The highest BCUT2D eigenvalue weighted by Gasteiger charge is 2.42. The van der Waals surface area contributed by atoms with Gasteiger partial charge in [0.2, 0.25) is 11.7 Å². The second kappa shape index (κ2) is 11.4. The van der Waals surface area contributed by atoms with Gasteiger partial charge in [-0.3, -0.25) is 4.79 Å². The first-order valence-corrected chi connectivity index (χ1v) is 12.4. The zero-order chi connectivity index (χ0) is 30.9. The molecule has 1 unspecified atom stereocenters. The molecule has 0 spiro atoms. The summed E-state index contributed by atoms with van der Waals surface area (Å²) in [5.74, 6) is -4.53. The van der Waals surface area contributed by atoms with Crippen molar-refractivity contribution >= 4 is 23.5 Å². The third kappa shape index (κ3) is 7.82. The Morgan fingerprint density at radius 1 is 1.05 bits per heavy atom. The number of anilines is 2. The predicted octanol–water partition coefficient (Wildman–Crippen LogP) is 6.33. The van der Waals surface area contributed by atoms with E-state index in [0.29, 0.717) is 25.3 Å². The van der Waals surface area contributed by atoms with E-state index in [2.05, 4.69) is 25.3 Å². The number of carbonyl (C=O) groups is 2. The maximum Gasteiger partial charge on any atom is 0.573 e. The predicted molar refractivity (Wildman–Crippen MR) is 136 cm³/mol. The van der Waals surface area contributed by atoms with Gasteiger partial charge in [0.15, 0.2) is 5.69 Å². The maximum absolute atomic E-state index is 13.7. The lowest BCUT2D eigenvalue weighted by atomic mass is 10.2. The van der Waals surface area contributed by atoms with Gasteiger partial charge in [-0.1, -0.05) is 12.1 Å². The molecule has 2 aromatic heterocycles. The summed E-state index contributed by atoms with van der Waals surface area (Å²) in [6.45, 7) is 6.12. The zero-order valence-electron chi connectivity index (χ0n) is 22.4. The highest BCUT2D eigenvalue weighted by molar-refractivity contribution is 6.04. The molecule has 0 aliphatic carbocycles. The van der Waals surface area contributed by atoms with Gasteiger partial charge in [0.25, 0.3) is 5.91 Å². The van der Waals surface area contributed by atoms with E-state index in [1.165, 1.54) is 30.5 Å². The van der Waals surface area contributed by atoms with Crippen molar-refractivity contribution in [2.75, 3.05) is 23.7 Å². The number of pyridine rings is 1. The molecule has 1 aromatic carbocycles. The summed E-state index contributed by atoms with van der Waals surface area (Å²) in [6.07, 6.45) is -8.98. The Hall–Kier alpha value is -4.50. The van der Waals surface area contributed by atoms with Gasteiger partial charge in [0, 0.05) is 19.1 Å². The first-order valence-electron chi connectivity index (χ1n) is 12.4. The molecule has 0 radical (unpaired) electrons. The average Bonchev–Trinajstić information content (AvgIpc) is 3.51. The fraction of sp³-hybridized carbons (Fsp3) is 0.385. The first-order chi connectivity index (χ1) is 19.5. The van der Waals surface area contributed by atoms with E-state index in [4.69, 9.17) is 9.15 Å². The SMILES string of the molecule is CC(C)(C)OC(=O)N1CCC(Nc2ccc(NC(=O)c3nc(-c4ccccc4OC(F)(F)F)oc3C(F)(F)F)cn2)C1. The summed E-state index contributed by atoms with van der Waals surface area (Å²) in [5, 5.41) is 5.35. The van der Waals surface area contributed by atoms with Gasteiger partial charge in [-0.05, 0) is 51.5 Å². The van der Waals surface area contributed by atoms with Crippen molar-refractivity contribution in [3.8, 4) is 17.2 Å². The summed E-state index contributed by atoms with van der Waals surface area (Å²) < 4.78 is 93.3. The number of alkyl halides is 6. The Morgan fingerprint density at radius 2 is 1.76 bits per heavy atom. The molecule has 1 aliphatic rings. The van der Waals surface area contributed by atoms with Gasteiger partial charge in [-0.15, -0.1) is 13.2 Å². The Morgan fingerprint density at radius 3 is 2.38 bits per heavy atom. The Labute approximate surface area is 235 Å². The lowest BCUT2D eigenvalue weighted by Crippen LogP contribution is -2.36. The number of para-hydroxylation sites is 1. The molecule has 0 bridgehead atoms. The molecule has 42 heavy (non-hydrogen) atoms. The molecular formula is C26H25F6N5O5. The lowest BCUT2D eigenvalue weighted by Gasteiger charge is -2.24. The number of rotatable bonds is 6. The van der Waals surface area contributed by atoms with E-state index in [0.717, 1.165) is 12.1 Å². The van der Waals surface area contributed by atoms with Crippen molar-refractivity contribution < 1.29 is 49.8 Å². The second-order valence-corrected chi connectivity index (χ2v) is 10.2.